The van der Waals surface area contributed by atoms with Gasteiger partial charge in [0.25, 0.3) is 0 Å². The Kier molecular flexibility index (Phi) is 6.32. The molecule has 6 heteroatoms. The molecule has 2 atom stereocenters. The van der Waals surface area contributed by atoms with Gasteiger partial charge in [-0.2, -0.15) is 0 Å². The molecule has 1 amide bonds. The molecule has 29 heavy (non-hydrogen) atoms. The van der Waals surface area contributed by atoms with Crippen LogP contribution in [-0.4, -0.2) is 26.6 Å². The molecule has 0 bridgehead atoms. The fourth-order valence-corrected chi connectivity index (χ4v) is 5.30. The lowest BCUT2D eigenvalue weighted by atomic mass is 9.87. The fraction of sp³-hybridized carbons (Fsp3) is 0.435. The third-order valence-electron chi connectivity index (χ3n) is 5.76. The summed E-state index contributed by atoms with van der Waals surface area (Å²) in [5, 5.41) is 3.13. The maximum Gasteiger partial charge on any atom is 0.244 e. The molecule has 1 aliphatic rings. The van der Waals surface area contributed by atoms with Crippen LogP contribution in [0.3, 0.4) is 0 Å². The topological polar surface area (TPSA) is 66.5 Å². The van der Waals surface area contributed by atoms with E-state index in [-0.39, 0.29) is 11.9 Å². The summed E-state index contributed by atoms with van der Waals surface area (Å²) in [6.07, 6.45) is 4.43. The monoisotopic (exact) mass is 414 g/mol. The Hall–Kier alpha value is -2.34. The number of nitrogens with zero attached hydrogens (tertiary/aromatic N) is 1. The van der Waals surface area contributed by atoms with Crippen LogP contribution in [0.5, 0.6) is 0 Å². The second kappa shape index (κ2) is 8.57. The molecule has 3 rings (SSSR count). The molecule has 2 aromatic rings. The van der Waals surface area contributed by atoms with Gasteiger partial charge < -0.3 is 5.32 Å². The summed E-state index contributed by atoms with van der Waals surface area (Å²) in [5.74, 6) is -0.252. The van der Waals surface area contributed by atoms with Crippen LogP contribution in [0.25, 0.3) is 0 Å². The minimum Gasteiger partial charge on any atom is -0.347 e. The summed E-state index contributed by atoms with van der Waals surface area (Å²) in [5.41, 5.74) is 5.00. The van der Waals surface area contributed by atoms with Crippen LogP contribution >= 0.6 is 0 Å². The zero-order chi connectivity index (χ0) is 21.2. The molecule has 1 aliphatic carbocycles. The van der Waals surface area contributed by atoms with Gasteiger partial charge in [-0.05, 0) is 73.9 Å². The molecule has 2 unspecified atom stereocenters. The molecule has 0 aliphatic heterocycles. The van der Waals surface area contributed by atoms with Gasteiger partial charge >= 0.3 is 0 Å². The first-order chi connectivity index (χ1) is 13.7. The van der Waals surface area contributed by atoms with E-state index >= 15 is 0 Å². The quantitative estimate of drug-likeness (QED) is 0.776. The fourth-order valence-electron chi connectivity index (χ4n) is 4.09. The molecule has 0 heterocycles. The Morgan fingerprint density at radius 1 is 1.17 bits per heavy atom. The van der Waals surface area contributed by atoms with E-state index in [0.717, 1.165) is 42.2 Å². The lowest BCUT2D eigenvalue weighted by Crippen LogP contribution is -2.50. The summed E-state index contributed by atoms with van der Waals surface area (Å²) < 4.78 is 26.6. The Morgan fingerprint density at radius 2 is 1.90 bits per heavy atom. The number of anilines is 1. The van der Waals surface area contributed by atoms with Crippen molar-refractivity contribution in [1.82, 2.24) is 5.32 Å². The number of fused-ring (bicyclic) bond motifs is 1. The number of carbonyl (C=O) groups is 1. The van der Waals surface area contributed by atoms with Gasteiger partial charge in [-0.15, -0.1) is 0 Å². The normalized spacial score (nSPS) is 17.3. The molecule has 0 aromatic heterocycles. The van der Waals surface area contributed by atoms with Crippen LogP contribution < -0.4 is 9.62 Å². The predicted octanol–water partition coefficient (Wildman–Crippen LogP) is 4.04. The van der Waals surface area contributed by atoms with Crippen molar-refractivity contribution in [2.45, 2.75) is 58.5 Å². The number of sulfonamides is 1. The van der Waals surface area contributed by atoms with Gasteiger partial charge in [0.05, 0.1) is 18.0 Å². The van der Waals surface area contributed by atoms with E-state index in [0.29, 0.717) is 12.1 Å². The Labute approximate surface area is 174 Å². The second-order valence-corrected chi connectivity index (χ2v) is 9.76. The third kappa shape index (κ3) is 4.64. The number of hydrogen-bond donors (Lipinski definition) is 1. The average molecular weight is 415 g/mol. The number of amides is 1. The highest BCUT2D eigenvalue weighted by atomic mass is 32.2. The molecule has 0 fully saturated rings. The van der Waals surface area contributed by atoms with Gasteiger partial charge in [-0.25, -0.2) is 8.42 Å². The maximum atomic E-state index is 13.2. The maximum absolute atomic E-state index is 13.2. The molecule has 2 aromatic carbocycles. The number of carbonyl (C=O) groups excluding carboxylic acids is 1. The Morgan fingerprint density at radius 3 is 2.55 bits per heavy atom. The lowest BCUT2D eigenvalue weighted by molar-refractivity contribution is -0.123. The SMILES string of the molecule is CCC(C(=O)NC1CCCc2ccccc21)N(c1ccc(C)c(C)c1)S(C)(=O)=O. The summed E-state index contributed by atoms with van der Waals surface area (Å²) in [7, 11) is -3.63. The highest BCUT2D eigenvalue weighted by Crippen LogP contribution is 2.30. The molecule has 0 saturated carbocycles. The van der Waals surface area contributed by atoms with E-state index in [1.165, 1.54) is 9.87 Å². The molecule has 0 spiro atoms. The van der Waals surface area contributed by atoms with E-state index in [4.69, 9.17) is 0 Å². The van der Waals surface area contributed by atoms with Crippen LogP contribution in [0, 0.1) is 13.8 Å². The molecular weight excluding hydrogens is 384 g/mol. The first-order valence-corrected chi connectivity index (χ1v) is 12.0. The summed E-state index contributed by atoms with van der Waals surface area (Å²) in [6.45, 7) is 5.77. The summed E-state index contributed by atoms with van der Waals surface area (Å²) in [6, 6.07) is 12.8. The largest absolute Gasteiger partial charge is 0.347 e. The summed E-state index contributed by atoms with van der Waals surface area (Å²) >= 11 is 0. The zero-order valence-electron chi connectivity index (χ0n) is 17.6. The minimum atomic E-state index is -3.63. The van der Waals surface area contributed by atoms with Crippen molar-refractivity contribution in [1.29, 1.82) is 0 Å². The van der Waals surface area contributed by atoms with Crippen molar-refractivity contribution in [2.75, 3.05) is 10.6 Å². The zero-order valence-corrected chi connectivity index (χ0v) is 18.4. The van der Waals surface area contributed by atoms with Crippen molar-refractivity contribution < 1.29 is 13.2 Å². The third-order valence-corrected chi connectivity index (χ3v) is 6.94. The van der Waals surface area contributed by atoms with Crippen molar-refractivity contribution in [3.63, 3.8) is 0 Å². The first-order valence-electron chi connectivity index (χ1n) is 10.2. The number of rotatable bonds is 6. The van der Waals surface area contributed by atoms with Crippen molar-refractivity contribution in [2.24, 2.45) is 0 Å². The van der Waals surface area contributed by atoms with Gasteiger partial charge in [-0.3, -0.25) is 9.10 Å². The van der Waals surface area contributed by atoms with Crippen molar-refractivity contribution in [3.8, 4) is 0 Å². The smallest absolute Gasteiger partial charge is 0.244 e. The van der Waals surface area contributed by atoms with Gasteiger partial charge in [-0.1, -0.05) is 37.3 Å². The number of hydrogen-bond acceptors (Lipinski definition) is 3. The van der Waals surface area contributed by atoms with E-state index in [9.17, 15) is 13.2 Å². The number of benzene rings is 2. The Balaban J connectivity index is 1.91. The molecule has 5 nitrogen and oxygen atoms in total. The molecular formula is C23H30N2O3S. The van der Waals surface area contributed by atoms with E-state index in [2.05, 4.69) is 17.4 Å². The Bertz CT molecular complexity index is 1000. The van der Waals surface area contributed by atoms with Gasteiger partial charge in [0.2, 0.25) is 15.9 Å². The molecule has 1 N–H and O–H groups in total. The van der Waals surface area contributed by atoms with Gasteiger partial charge in [0.1, 0.15) is 6.04 Å². The van der Waals surface area contributed by atoms with Gasteiger partial charge in [0, 0.05) is 0 Å². The van der Waals surface area contributed by atoms with Crippen LogP contribution in [0.2, 0.25) is 0 Å². The van der Waals surface area contributed by atoms with Crippen LogP contribution in [0.15, 0.2) is 42.5 Å². The molecule has 156 valence electrons. The minimum absolute atomic E-state index is 0.0809. The van der Waals surface area contributed by atoms with E-state index in [1.54, 1.807) is 6.07 Å². The van der Waals surface area contributed by atoms with Crippen LogP contribution in [0.4, 0.5) is 5.69 Å². The van der Waals surface area contributed by atoms with Gasteiger partial charge in [0.15, 0.2) is 0 Å². The van der Waals surface area contributed by atoms with Crippen LogP contribution in [0.1, 0.15) is 54.5 Å². The van der Waals surface area contributed by atoms with Crippen molar-refractivity contribution in [3.05, 3.63) is 64.7 Å². The summed E-state index contributed by atoms with van der Waals surface area (Å²) in [4.78, 5) is 13.2. The van der Waals surface area contributed by atoms with E-state index in [1.807, 2.05) is 45.0 Å². The van der Waals surface area contributed by atoms with E-state index < -0.39 is 16.1 Å². The second-order valence-electron chi connectivity index (χ2n) is 7.90. The predicted molar refractivity (Wildman–Crippen MR) is 118 cm³/mol. The highest BCUT2D eigenvalue weighted by molar-refractivity contribution is 7.92. The highest BCUT2D eigenvalue weighted by Gasteiger charge is 2.33. The lowest BCUT2D eigenvalue weighted by Gasteiger charge is -2.33. The molecule has 0 saturated heterocycles. The average Bonchev–Trinajstić information content (AvgIpc) is 2.67. The number of aryl methyl sites for hydroxylation is 3. The standard InChI is InChI=1S/C23H30N2O3S/c1-5-22(25(29(4,27)28)19-14-13-16(2)17(3)15-19)23(26)24-21-12-8-10-18-9-6-7-11-20(18)21/h6-7,9,11,13-15,21-22H,5,8,10,12H2,1-4H3,(H,24,26). The first kappa shape index (κ1) is 21.4. The molecule has 0 radical (unpaired) electrons. The van der Waals surface area contributed by atoms with Crippen molar-refractivity contribution >= 4 is 21.6 Å². The van der Waals surface area contributed by atoms with Crippen LogP contribution in [-0.2, 0) is 21.2 Å². The number of nitrogens with one attached hydrogen (secondary N) is 1.